The molecule has 0 amide bonds. The Bertz CT molecular complexity index is 710. The lowest BCUT2D eigenvalue weighted by molar-refractivity contribution is 0.628. The van der Waals surface area contributed by atoms with Gasteiger partial charge in [-0.1, -0.05) is 12.1 Å². The molecule has 4 heteroatoms. The van der Waals surface area contributed by atoms with E-state index in [1.54, 1.807) is 22.7 Å². The minimum atomic E-state index is -0.201. The molecule has 0 fully saturated rings. The zero-order valence-electron chi connectivity index (χ0n) is 10.1. The van der Waals surface area contributed by atoms with Gasteiger partial charge in [-0.3, -0.25) is 0 Å². The van der Waals surface area contributed by atoms with E-state index in [-0.39, 0.29) is 5.82 Å². The van der Waals surface area contributed by atoms with Gasteiger partial charge in [0.05, 0.1) is 3.79 Å². The molecule has 2 heterocycles. The van der Waals surface area contributed by atoms with Crippen molar-refractivity contribution in [2.75, 3.05) is 0 Å². The number of rotatable bonds is 2. The van der Waals surface area contributed by atoms with E-state index in [0.29, 0.717) is 0 Å². The molecule has 0 N–H and O–H groups in total. The van der Waals surface area contributed by atoms with E-state index >= 15 is 0 Å². The maximum absolute atomic E-state index is 13.0. The Hall–Kier alpha value is -0.970. The molecule has 0 nitrogen and oxygen atoms in total. The van der Waals surface area contributed by atoms with Gasteiger partial charge in [0.15, 0.2) is 0 Å². The van der Waals surface area contributed by atoms with Crippen LogP contribution >= 0.6 is 38.6 Å². The van der Waals surface area contributed by atoms with Crippen LogP contribution in [0.1, 0.15) is 5.56 Å². The molecular weight excluding hydrogens is 343 g/mol. The summed E-state index contributed by atoms with van der Waals surface area (Å²) >= 11 is 6.97. The summed E-state index contributed by atoms with van der Waals surface area (Å²) < 4.78 is 14.1. The van der Waals surface area contributed by atoms with Crippen LogP contribution in [0.5, 0.6) is 0 Å². The van der Waals surface area contributed by atoms with Crippen molar-refractivity contribution in [1.82, 2.24) is 0 Å². The molecule has 0 aliphatic rings. The van der Waals surface area contributed by atoms with E-state index < -0.39 is 0 Å². The van der Waals surface area contributed by atoms with Crippen molar-refractivity contribution in [2.45, 2.75) is 6.92 Å². The van der Waals surface area contributed by atoms with E-state index in [2.05, 4.69) is 40.4 Å². The second-order valence-electron chi connectivity index (χ2n) is 4.29. The largest absolute Gasteiger partial charge is 0.207 e. The van der Waals surface area contributed by atoms with Crippen molar-refractivity contribution in [2.24, 2.45) is 0 Å². The third kappa shape index (κ3) is 2.66. The first-order valence-electron chi connectivity index (χ1n) is 5.74. The molecule has 0 unspecified atom stereocenters. The summed E-state index contributed by atoms with van der Waals surface area (Å²) in [7, 11) is 0. The van der Waals surface area contributed by atoms with Crippen LogP contribution < -0.4 is 0 Å². The van der Waals surface area contributed by atoms with Gasteiger partial charge in [-0.15, -0.1) is 22.7 Å². The number of thiophene rings is 2. The quantitative estimate of drug-likeness (QED) is 0.503. The van der Waals surface area contributed by atoms with Gasteiger partial charge in [0.2, 0.25) is 0 Å². The van der Waals surface area contributed by atoms with Crippen LogP contribution in [-0.4, -0.2) is 0 Å². The predicted octanol–water partition coefficient (Wildman–Crippen LogP) is 6.35. The maximum Gasteiger partial charge on any atom is 0.123 e. The highest BCUT2D eigenvalue weighted by Crippen LogP contribution is 2.43. The van der Waals surface area contributed by atoms with Crippen LogP contribution in [0.25, 0.3) is 20.9 Å². The van der Waals surface area contributed by atoms with E-state index in [4.69, 9.17) is 0 Å². The Morgan fingerprint density at radius 3 is 2.47 bits per heavy atom. The van der Waals surface area contributed by atoms with E-state index in [1.807, 2.05) is 12.1 Å². The molecule has 2 aromatic heterocycles. The van der Waals surface area contributed by atoms with E-state index in [0.717, 1.165) is 9.35 Å². The summed E-state index contributed by atoms with van der Waals surface area (Å²) in [4.78, 5) is 2.42. The second kappa shape index (κ2) is 5.19. The van der Waals surface area contributed by atoms with Gasteiger partial charge >= 0.3 is 0 Å². The maximum atomic E-state index is 13.0. The molecule has 0 aliphatic carbocycles. The highest BCUT2D eigenvalue weighted by Gasteiger charge is 2.13. The van der Waals surface area contributed by atoms with Crippen molar-refractivity contribution >= 4 is 38.6 Å². The molecule has 3 aromatic rings. The molecule has 0 bridgehead atoms. The zero-order chi connectivity index (χ0) is 13.4. The van der Waals surface area contributed by atoms with Gasteiger partial charge in [0.25, 0.3) is 0 Å². The fraction of sp³-hybridized carbons (Fsp3) is 0.0667. The average Bonchev–Trinajstić information content (AvgIpc) is 2.96. The number of halogens is 2. The van der Waals surface area contributed by atoms with Gasteiger partial charge in [0, 0.05) is 15.3 Å². The minimum Gasteiger partial charge on any atom is -0.207 e. The summed E-state index contributed by atoms with van der Waals surface area (Å²) in [6.45, 7) is 2.10. The Labute approximate surface area is 127 Å². The number of hydrogen-bond donors (Lipinski definition) is 0. The molecule has 0 atom stereocenters. The fourth-order valence-electron chi connectivity index (χ4n) is 1.93. The normalized spacial score (nSPS) is 10.9. The topological polar surface area (TPSA) is 0 Å². The van der Waals surface area contributed by atoms with Crippen molar-refractivity contribution in [1.29, 1.82) is 0 Å². The molecule has 0 aliphatic heterocycles. The Morgan fingerprint density at radius 1 is 1.11 bits per heavy atom. The molecule has 0 saturated carbocycles. The highest BCUT2D eigenvalue weighted by atomic mass is 79.9. The lowest BCUT2D eigenvalue weighted by atomic mass is 10.1. The van der Waals surface area contributed by atoms with Crippen LogP contribution in [-0.2, 0) is 0 Å². The smallest absolute Gasteiger partial charge is 0.123 e. The van der Waals surface area contributed by atoms with Crippen LogP contribution in [0.4, 0.5) is 4.39 Å². The number of benzene rings is 1. The van der Waals surface area contributed by atoms with E-state index in [9.17, 15) is 4.39 Å². The standard InChI is InChI=1S/C15H10BrFS2/c1-9-6-13(18-8-9)12-7-14(16)19-15(12)10-2-4-11(17)5-3-10/h2-8H,1H3. The molecule has 19 heavy (non-hydrogen) atoms. The third-order valence-electron chi connectivity index (χ3n) is 2.80. The van der Waals surface area contributed by atoms with E-state index in [1.165, 1.54) is 33.0 Å². The average molecular weight is 353 g/mol. The predicted molar refractivity (Wildman–Crippen MR) is 85.5 cm³/mol. The first-order chi connectivity index (χ1) is 9.13. The van der Waals surface area contributed by atoms with Gasteiger partial charge < -0.3 is 0 Å². The van der Waals surface area contributed by atoms with Crippen LogP contribution in [0.2, 0.25) is 0 Å². The Kier molecular flexibility index (Phi) is 3.56. The van der Waals surface area contributed by atoms with Crippen molar-refractivity contribution in [3.05, 3.63) is 56.9 Å². The number of aryl methyl sites for hydroxylation is 1. The minimum absolute atomic E-state index is 0.201. The third-order valence-corrected chi connectivity index (χ3v) is 5.57. The van der Waals surface area contributed by atoms with Crippen LogP contribution in [0.15, 0.2) is 45.6 Å². The summed E-state index contributed by atoms with van der Waals surface area (Å²) in [6, 6.07) is 11.0. The number of hydrogen-bond acceptors (Lipinski definition) is 2. The highest BCUT2D eigenvalue weighted by molar-refractivity contribution is 9.11. The monoisotopic (exact) mass is 352 g/mol. The van der Waals surface area contributed by atoms with Crippen LogP contribution in [0, 0.1) is 12.7 Å². The lowest BCUT2D eigenvalue weighted by Gasteiger charge is -2.01. The molecule has 3 rings (SSSR count). The summed E-state index contributed by atoms with van der Waals surface area (Å²) in [5.74, 6) is -0.201. The van der Waals surface area contributed by atoms with Gasteiger partial charge in [0.1, 0.15) is 5.82 Å². The Morgan fingerprint density at radius 2 is 1.84 bits per heavy atom. The fourth-order valence-corrected chi connectivity index (χ4v) is 4.54. The second-order valence-corrected chi connectivity index (χ2v) is 7.63. The van der Waals surface area contributed by atoms with Gasteiger partial charge in [-0.05, 0) is 63.6 Å². The first-order valence-corrected chi connectivity index (χ1v) is 8.23. The molecule has 1 aromatic carbocycles. The molecule has 0 spiro atoms. The molecule has 0 radical (unpaired) electrons. The van der Waals surface area contributed by atoms with Gasteiger partial charge in [-0.2, -0.15) is 0 Å². The lowest BCUT2D eigenvalue weighted by Crippen LogP contribution is -1.77. The summed E-state index contributed by atoms with van der Waals surface area (Å²) in [5.41, 5.74) is 3.53. The first kappa shape index (κ1) is 13.0. The van der Waals surface area contributed by atoms with Crippen molar-refractivity contribution in [3.8, 4) is 20.9 Å². The molecule has 96 valence electrons. The Balaban J connectivity index is 2.14. The van der Waals surface area contributed by atoms with Crippen molar-refractivity contribution in [3.63, 3.8) is 0 Å². The molecule has 0 saturated heterocycles. The van der Waals surface area contributed by atoms with Gasteiger partial charge in [-0.25, -0.2) is 4.39 Å². The molecular formula is C15H10BrFS2. The summed E-state index contributed by atoms with van der Waals surface area (Å²) in [5, 5.41) is 2.15. The summed E-state index contributed by atoms with van der Waals surface area (Å²) in [6.07, 6.45) is 0. The van der Waals surface area contributed by atoms with Crippen molar-refractivity contribution < 1.29 is 4.39 Å². The van der Waals surface area contributed by atoms with Crippen LogP contribution in [0.3, 0.4) is 0 Å². The zero-order valence-corrected chi connectivity index (χ0v) is 13.3. The SMILES string of the molecule is Cc1csc(-c2cc(Br)sc2-c2ccc(F)cc2)c1.